The highest BCUT2D eigenvalue weighted by Crippen LogP contribution is 2.27. The van der Waals surface area contributed by atoms with E-state index in [1.807, 2.05) is 0 Å². The molecule has 1 heterocycles. The van der Waals surface area contributed by atoms with E-state index in [0.717, 1.165) is 32.0 Å². The Hall–Kier alpha value is -2.09. The van der Waals surface area contributed by atoms with Gasteiger partial charge in [0, 0.05) is 50.4 Å². The summed E-state index contributed by atoms with van der Waals surface area (Å²) in [6, 6.07) is 6.05. The largest absolute Gasteiger partial charge is 0.497 e. The smallest absolute Gasteiger partial charge is 0.387 e. The summed E-state index contributed by atoms with van der Waals surface area (Å²) >= 11 is 0. The molecule has 1 saturated carbocycles. The number of methoxy groups -OCH3 is 1. The number of guanidine groups is 1. The van der Waals surface area contributed by atoms with Crippen LogP contribution in [0.4, 0.5) is 8.78 Å². The van der Waals surface area contributed by atoms with Crippen molar-refractivity contribution < 1.29 is 18.3 Å². The zero-order valence-electron chi connectivity index (χ0n) is 18.0. The number of benzene rings is 1. The number of hydrogen-bond donors (Lipinski definition) is 2. The van der Waals surface area contributed by atoms with Gasteiger partial charge in [-0.2, -0.15) is 8.78 Å². The maximum atomic E-state index is 12.8. The van der Waals surface area contributed by atoms with E-state index >= 15 is 0 Å². The topological polar surface area (TPSA) is 58.1 Å². The van der Waals surface area contributed by atoms with Gasteiger partial charge in [-0.25, -0.2) is 0 Å². The van der Waals surface area contributed by atoms with Crippen molar-refractivity contribution in [1.82, 2.24) is 15.5 Å². The minimum Gasteiger partial charge on any atom is -0.497 e. The summed E-state index contributed by atoms with van der Waals surface area (Å²) in [4.78, 5) is 6.95. The van der Waals surface area contributed by atoms with Crippen LogP contribution in [-0.2, 0) is 6.54 Å². The number of alkyl halides is 2. The van der Waals surface area contributed by atoms with Gasteiger partial charge in [-0.1, -0.05) is 19.3 Å². The second-order valence-electron chi connectivity index (χ2n) is 8.02. The van der Waals surface area contributed by atoms with Crippen LogP contribution in [0.2, 0.25) is 0 Å². The first kappa shape index (κ1) is 22.6. The number of halogens is 2. The Bertz CT molecular complexity index is 688. The van der Waals surface area contributed by atoms with Crippen LogP contribution in [0.25, 0.3) is 0 Å². The zero-order valence-corrected chi connectivity index (χ0v) is 18.0. The van der Waals surface area contributed by atoms with Crippen molar-refractivity contribution in [2.75, 3.05) is 27.2 Å². The summed E-state index contributed by atoms with van der Waals surface area (Å²) in [5, 5.41) is 6.70. The first-order chi connectivity index (χ1) is 14.6. The molecule has 0 radical (unpaired) electrons. The highest BCUT2D eigenvalue weighted by atomic mass is 19.3. The van der Waals surface area contributed by atoms with E-state index in [4.69, 9.17) is 4.74 Å². The molecule has 0 bridgehead atoms. The lowest BCUT2D eigenvalue weighted by atomic mass is 9.92. The molecule has 6 nitrogen and oxygen atoms in total. The Balaban J connectivity index is 1.49. The third-order valence-corrected chi connectivity index (χ3v) is 6.12. The van der Waals surface area contributed by atoms with Gasteiger partial charge >= 0.3 is 6.61 Å². The molecule has 1 saturated heterocycles. The third-order valence-electron chi connectivity index (χ3n) is 6.12. The van der Waals surface area contributed by atoms with Gasteiger partial charge in [-0.05, 0) is 37.8 Å². The number of ether oxygens (including phenoxy) is 2. The van der Waals surface area contributed by atoms with Crippen molar-refractivity contribution >= 4 is 5.96 Å². The van der Waals surface area contributed by atoms with E-state index in [2.05, 4.69) is 25.3 Å². The maximum absolute atomic E-state index is 12.8. The Morgan fingerprint density at radius 1 is 1.17 bits per heavy atom. The number of piperidine rings is 1. The van der Waals surface area contributed by atoms with Crippen LogP contribution in [0.3, 0.4) is 0 Å². The molecule has 1 aromatic carbocycles. The molecule has 2 aliphatic rings. The predicted molar refractivity (Wildman–Crippen MR) is 114 cm³/mol. The second kappa shape index (κ2) is 11.3. The number of nitrogens with zero attached hydrogens (tertiary/aromatic N) is 2. The van der Waals surface area contributed by atoms with Crippen LogP contribution in [0.1, 0.15) is 50.5 Å². The van der Waals surface area contributed by atoms with Gasteiger partial charge in [0.25, 0.3) is 0 Å². The average molecular weight is 425 g/mol. The van der Waals surface area contributed by atoms with Crippen LogP contribution in [0, 0.1) is 0 Å². The van der Waals surface area contributed by atoms with Crippen LogP contribution < -0.4 is 20.1 Å². The molecule has 2 N–H and O–H groups in total. The Kier molecular flexibility index (Phi) is 8.54. The van der Waals surface area contributed by atoms with Gasteiger partial charge in [0.2, 0.25) is 0 Å². The Morgan fingerprint density at radius 3 is 2.53 bits per heavy atom. The quantitative estimate of drug-likeness (QED) is 0.516. The summed E-state index contributed by atoms with van der Waals surface area (Å²) in [5.41, 5.74) is 0.617. The van der Waals surface area contributed by atoms with E-state index in [1.54, 1.807) is 19.2 Å². The molecule has 1 aliphatic carbocycles. The number of rotatable bonds is 7. The standard InChI is InChI=1S/C22H34F2N4O2/c1-25-22(26-15-16-8-9-19(29-2)14-20(16)30-21(23)24)27-17-10-12-28(13-11-17)18-6-4-3-5-7-18/h8-9,14,17-18,21H,3-7,10-13,15H2,1-2H3,(H2,25,26,27). The Labute approximate surface area is 178 Å². The summed E-state index contributed by atoms with van der Waals surface area (Å²) < 4.78 is 35.3. The zero-order chi connectivity index (χ0) is 21.3. The van der Waals surface area contributed by atoms with Crippen LogP contribution >= 0.6 is 0 Å². The van der Waals surface area contributed by atoms with Crippen molar-refractivity contribution in [3.8, 4) is 11.5 Å². The lowest BCUT2D eigenvalue weighted by Crippen LogP contribution is -2.50. The number of likely N-dealkylation sites (tertiary alicyclic amines) is 1. The molecule has 0 amide bonds. The van der Waals surface area contributed by atoms with E-state index in [1.165, 1.54) is 45.3 Å². The molecule has 1 aliphatic heterocycles. The highest BCUT2D eigenvalue weighted by molar-refractivity contribution is 5.80. The first-order valence-corrected chi connectivity index (χ1v) is 10.9. The fraction of sp³-hybridized carbons (Fsp3) is 0.682. The first-order valence-electron chi connectivity index (χ1n) is 10.9. The van der Waals surface area contributed by atoms with Gasteiger partial charge < -0.3 is 25.0 Å². The number of aliphatic imine (C=N–C) groups is 1. The van der Waals surface area contributed by atoms with Crippen LogP contribution in [-0.4, -0.2) is 56.8 Å². The minimum absolute atomic E-state index is 0.105. The van der Waals surface area contributed by atoms with Crippen molar-refractivity contribution in [3.05, 3.63) is 23.8 Å². The normalized spacial score (nSPS) is 19.7. The summed E-state index contributed by atoms with van der Waals surface area (Å²) in [5.74, 6) is 1.25. The van der Waals surface area contributed by atoms with E-state index < -0.39 is 6.61 Å². The van der Waals surface area contributed by atoms with Crippen LogP contribution in [0.5, 0.6) is 11.5 Å². The van der Waals surface area contributed by atoms with Crippen molar-refractivity contribution in [2.45, 2.75) is 70.2 Å². The molecule has 8 heteroatoms. The number of hydrogen-bond acceptors (Lipinski definition) is 4. The lowest BCUT2D eigenvalue weighted by Gasteiger charge is -2.39. The SMILES string of the molecule is CN=C(NCc1ccc(OC)cc1OC(F)F)NC1CCN(C2CCCCC2)CC1. The monoisotopic (exact) mass is 424 g/mol. The summed E-state index contributed by atoms with van der Waals surface area (Å²) in [6.07, 6.45) is 8.95. The molecule has 168 valence electrons. The third kappa shape index (κ3) is 6.45. The van der Waals surface area contributed by atoms with Gasteiger partial charge in [-0.3, -0.25) is 4.99 Å². The summed E-state index contributed by atoms with van der Waals surface area (Å²) in [7, 11) is 3.21. The molecule has 0 atom stereocenters. The Morgan fingerprint density at radius 2 is 1.90 bits per heavy atom. The van der Waals surface area contributed by atoms with Crippen LogP contribution in [0.15, 0.2) is 23.2 Å². The highest BCUT2D eigenvalue weighted by Gasteiger charge is 2.26. The lowest BCUT2D eigenvalue weighted by molar-refractivity contribution is -0.0505. The van der Waals surface area contributed by atoms with Crippen molar-refractivity contribution in [3.63, 3.8) is 0 Å². The summed E-state index contributed by atoms with van der Waals surface area (Å²) in [6.45, 7) is -0.330. The maximum Gasteiger partial charge on any atom is 0.387 e. The fourth-order valence-electron chi connectivity index (χ4n) is 4.44. The predicted octanol–water partition coefficient (Wildman–Crippen LogP) is 3.76. The van der Waals surface area contributed by atoms with Crippen molar-refractivity contribution in [1.29, 1.82) is 0 Å². The fourth-order valence-corrected chi connectivity index (χ4v) is 4.44. The van der Waals surface area contributed by atoms with Crippen molar-refractivity contribution in [2.24, 2.45) is 4.99 Å². The molecular weight excluding hydrogens is 390 g/mol. The van der Waals surface area contributed by atoms with E-state index in [-0.39, 0.29) is 5.75 Å². The van der Waals surface area contributed by atoms with E-state index in [9.17, 15) is 8.78 Å². The van der Waals surface area contributed by atoms with Gasteiger partial charge in [0.15, 0.2) is 5.96 Å². The average Bonchev–Trinajstić information content (AvgIpc) is 2.77. The number of nitrogens with one attached hydrogen (secondary N) is 2. The van der Waals surface area contributed by atoms with Gasteiger partial charge in [0.05, 0.1) is 7.11 Å². The molecular formula is C22H34F2N4O2. The molecule has 0 aromatic heterocycles. The van der Waals surface area contributed by atoms with Gasteiger partial charge in [0.1, 0.15) is 11.5 Å². The molecule has 1 aromatic rings. The molecule has 0 unspecified atom stereocenters. The molecule has 30 heavy (non-hydrogen) atoms. The van der Waals surface area contributed by atoms with Gasteiger partial charge in [-0.15, -0.1) is 0 Å². The molecule has 0 spiro atoms. The molecule has 3 rings (SSSR count). The molecule has 2 fully saturated rings. The minimum atomic E-state index is -2.89. The van der Waals surface area contributed by atoms with E-state index in [0.29, 0.717) is 29.9 Å². The second-order valence-corrected chi connectivity index (χ2v) is 8.02.